The van der Waals surface area contributed by atoms with Crippen molar-refractivity contribution in [3.8, 4) is 5.75 Å². The number of hydrogen-bond acceptors (Lipinski definition) is 4. The molecule has 1 fully saturated rings. The number of amides is 1. The summed E-state index contributed by atoms with van der Waals surface area (Å²) in [6.45, 7) is 3.16. The number of benzene rings is 2. The summed E-state index contributed by atoms with van der Waals surface area (Å²) in [5, 5.41) is 0.735. The van der Waals surface area contributed by atoms with E-state index in [1.807, 2.05) is 47.4 Å². The maximum Gasteiger partial charge on any atom is 0.223 e. The van der Waals surface area contributed by atoms with E-state index < -0.39 is 0 Å². The SMILES string of the molecule is COc1ccccc1N1CCN(C(=O)CCSc2ccc(Cl)cc2)CC1. The summed E-state index contributed by atoms with van der Waals surface area (Å²) in [7, 11) is 1.69. The predicted octanol–water partition coefficient (Wildman–Crippen LogP) is 4.18. The van der Waals surface area contributed by atoms with Crippen LogP contribution in [0.1, 0.15) is 6.42 Å². The Hall–Kier alpha value is -1.85. The average molecular weight is 391 g/mol. The van der Waals surface area contributed by atoms with Crippen molar-refractivity contribution in [1.82, 2.24) is 4.90 Å². The third-order valence-corrected chi connectivity index (χ3v) is 5.72. The lowest BCUT2D eigenvalue weighted by Gasteiger charge is -2.36. The van der Waals surface area contributed by atoms with Crippen LogP contribution in [0.4, 0.5) is 5.69 Å². The quantitative estimate of drug-likeness (QED) is 0.693. The van der Waals surface area contributed by atoms with Crippen molar-refractivity contribution in [1.29, 1.82) is 0 Å². The van der Waals surface area contributed by atoms with Gasteiger partial charge in [0.15, 0.2) is 0 Å². The van der Waals surface area contributed by atoms with Gasteiger partial charge in [0.1, 0.15) is 5.75 Å². The number of para-hydroxylation sites is 2. The van der Waals surface area contributed by atoms with Crippen LogP contribution in [0.2, 0.25) is 5.02 Å². The Kier molecular flexibility index (Phi) is 6.69. The lowest BCUT2D eigenvalue weighted by molar-refractivity contribution is -0.131. The van der Waals surface area contributed by atoms with Crippen molar-refractivity contribution in [2.24, 2.45) is 0 Å². The average Bonchev–Trinajstić information content (AvgIpc) is 2.69. The van der Waals surface area contributed by atoms with E-state index in [4.69, 9.17) is 16.3 Å². The molecular weight excluding hydrogens is 368 g/mol. The molecule has 0 radical (unpaired) electrons. The number of hydrogen-bond donors (Lipinski definition) is 0. The summed E-state index contributed by atoms with van der Waals surface area (Å²) in [5.74, 6) is 1.89. The zero-order valence-corrected chi connectivity index (χ0v) is 16.4. The third kappa shape index (κ3) is 4.86. The number of anilines is 1. The Balaban J connectivity index is 1.45. The first-order valence-corrected chi connectivity index (χ1v) is 10.1. The van der Waals surface area contributed by atoms with E-state index in [1.54, 1.807) is 18.9 Å². The van der Waals surface area contributed by atoms with E-state index in [0.29, 0.717) is 6.42 Å². The van der Waals surface area contributed by atoms with Crippen LogP contribution < -0.4 is 9.64 Å². The number of carbonyl (C=O) groups excluding carboxylic acids is 1. The van der Waals surface area contributed by atoms with Crippen LogP contribution in [0, 0.1) is 0 Å². The first-order chi connectivity index (χ1) is 12.7. The summed E-state index contributed by atoms with van der Waals surface area (Å²) in [5.41, 5.74) is 1.10. The van der Waals surface area contributed by atoms with Gasteiger partial charge >= 0.3 is 0 Å². The highest BCUT2D eigenvalue weighted by Crippen LogP contribution is 2.28. The van der Waals surface area contributed by atoms with E-state index >= 15 is 0 Å². The molecule has 2 aromatic rings. The molecule has 0 atom stereocenters. The fourth-order valence-electron chi connectivity index (χ4n) is 3.03. The predicted molar refractivity (Wildman–Crippen MR) is 109 cm³/mol. The molecule has 138 valence electrons. The lowest BCUT2D eigenvalue weighted by Crippen LogP contribution is -2.49. The number of rotatable bonds is 6. The minimum atomic E-state index is 0.228. The van der Waals surface area contributed by atoms with Gasteiger partial charge in [0.05, 0.1) is 12.8 Å². The molecule has 0 aliphatic carbocycles. The molecular formula is C20H23ClN2O2S. The summed E-state index contributed by atoms with van der Waals surface area (Å²) >= 11 is 7.58. The highest BCUT2D eigenvalue weighted by molar-refractivity contribution is 7.99. The number of halogens is 1. The molecule has 3 rings (SSSR count). The van der Waals surface area contributed by atoms with Gasteiger partial charge in [0.25, 0.3) is 0 Å². The van der Waals surface area contributed by atoms with Gasteiger partial charge in [-0.2, -0.15) is 0 Å². The summed E-state index contributed by atoms with van der Waals surface area (Å²) in [6.07, 6.45) is 0.557. The molecule has 1 aliphatic rings. The van der Waals surface area contributed by atoms with Gasteiger partial charge in [0, 0.05) is 48.3 Å². The Labute approximate surface area is 164 Å². The molecule has 0 spiro atoms. The maximum absolute atomic E-state index is 12.5. The Morgan fingerprint density at radius 1 is 1.08 bits per heavy atom. The van der Waals surface area contributed by atoms with Gasteiger partial charge < -0.3 is 14.5 Å². The number of thioether (sulfide) groups is 1. The van der Waals surface area contributed by atoms with Crippen molar-refractivity contribution in [3.05, 3.63) is 53.6 Å². The highest BCUT2D eigenvalue weighted by atomic mass is 35.5. The van der Waals surface area contributed by atoms with Gasteiger partial charge in [-0.25, -0.2) is 0 Å². The standard InChI is InChI=1S/C20H23ClN2O2S/c1-25-19-5-3-2-4-18(19)22-11-13-23(14-12-22)20(24)10-15-26-17-8-6-16(21)7-9-17/h2-9H,10-15H2,1H3. The maximum atomic E-state index is 12.5. The lowest BCUT2D eigenvalue weighted by atomic mass is 10.2. The van der Waals surface area contributed by atoms with Crippen LogP contribution in [0.5, 0.6) is 5.75 Å². The van der Waals surface area contributed by atoms with Crippen LogP contribution in [0.3, 0.4) is 0 Å². The van der Waals surface area contributed by atoms with Gasteiger partial charge in [-0.3, -0.25) is 4.79 Å². The molecule has 0 aromatic heterocycles. The number of ether oxygens (including phenoxy) is 1. The van der Waals surface area contributed by atoms with Crippen LogP contribution in [-0.4, -0.2) is 49.8 Å². The fourth-order valence-corrected chi connectivity index (χ4v) is 4.00. The van der Waals surface area contributed by atoms with Crippen molar-refractivity contribution in [2.45, 2.75) is 11.3 Å². The van der Waals surface area contributed by atoms with Crippen LogP contribution in [0.25, 0.3) is 0 Å². The molecule has 0 N–H and O–H groups in total. The minimum Gasteiger partial charge on any atom is -0.495 e. The van der Waals surface area contributed by atoms with Crippen molar-refractivity contribution < 1.29 is 9.53 Å². The number of nitrogens with zero attached hydrogens (tertiary/aromatic N) is 2. The van der Waals surface area contributed by atoms with E-state index in [-0.39, 0.29) is 5.91 Å². The van der Waals surface area contributed by atoms with Crippen LogP contribution in [-0.2, 0) is 4.79 Å². The molecule has 6 heteroatoms. The van der Waals surface area contributed by atoms with Crippen molar-refractivity contribution in [3.63, 3.8) is 0 Å². The second-order valence-corrected chi connectivity index (χ2v) is 7.70. The number of carbonyl (C=O) groups is 1. The van der Waals surface area contributed by atoms with Crippen LogP contribution in [0.15, 0.2) is 53.4 Å². The first-order valence-electron chi connectivity index (χ1n) is 8.71. The van der Waals surface area contributed by atoms with Gasteiger partial charge in [-0.15, -0.1) is 11.8 Å². The minimum absolute atomic E-state index is 0.228. The summed E-state index contributed by atoms with van der Waals surface area (Å²) in [6, 6.07) is 15.8. The first kappa shape index (κ1) is 18.9. The molecule has 2 aromatic carbocycles. The molecule has 1 saturated heterocycles. The second-order valence-electron chi connectivity index (χ2n) is 6.09. The topological polar surface area (TPSA) is 32.8 Å². The Morgan fingerprint density at radius 2 is 1.77 bits per heavy atom. The molecule has 0 unspecified atom stereocenters. The van der Waals surface area contributed by atoms with E-state index in [0.717, 1.165) is 53.3 Å². The Bertz CT molecular complexity index is 731. The van der Waals surface area contributed by atoms with Crippen molar-refractivity contribution in [2.75, 3.05) is 43.9 Å². The van der Waals surface area contributed by atoms with Gasteiger partial charge in [-0.1, -0.05) is 23.7 Å². The van der Waals surface area contributed by atoms with E-state index in [9.17, 15) is 4.79 Å². The van der Waals surface area contributed by atoms with E-state index in [1.165, 1.54) is 0 Å². The molecule has 26 heavy (non-hydrogen) atoms. The zero-order valence-electron chi connectivity index (χ0n) is 14.9. The normalized spacial score (nSPS) is 14.4. The molecule has 1 aliphatic heterocycles. The van der Waals surface area contributed by atoms with E-state index in [2.05, 4.69) is 11.0 Å². The smallest absolute Gasteiger partial charge is 0.223 e. The molecule has 1 heterocycles. The third-order valence-electron chi connectivity index (χ3n) is 4.46. The zero-order chi connectivity index (χ0) is 18.4. The molecule has 1 amide bonds. The van der Waals surface area contributed by atoms with Gasteiger partial charge in [0.2, 0.25) is 5.91 Å². The number of piperazine rings is 1. The second kappa shape index (κ2) is 9.19. The largest absolute Gasteiger partial charge is 0.495 e. The molecule has 0 saturated carbocycles. The molecule has 0 bridgehead atoms. The summed E-state index contributed by atoms with van der Waals surface area (Å²) < 4.78 is 5.44. The monoisotopic (exact) mass is 390 g/mol. The van der Waals surface area contributed by atoms with Gasteiger partial charge in [-0.05, 0) is 36.4 Å². The van der Waals surface area contributed by atoms with Crippen molar-refractivity contribution >= 4 is 35.0 Å². The summed E-state index contributed by atoms with van der Waals surface area (Å²) in [4.78, 5) is 17.8. The van der Waals surface area contributed by atoms with Crippen LogP contribution >= 0.6 is 23.4 Å². The fraction of sp³-hybridized carbons (Fsp3) is 0.350. The molecule has 4 nitrogen and oxygen atoms in total. The Morgan fingerprint density at radius 3 is 2.46 bits per heavy atom. The highest BCUT2D eigenvalue weighted by Gasteiger charge is 2.22. The number of methoxy groups -OCH3 is 1.